The minimum absolute atomic E-state index is 0.0158. The van der Waals surface area contributed by atoms with Crippen LogP contribution in [0.5, 0.6) is 11.5 Å². The summed E-state index contributed by atoms with van der Waals surface area (Å²) in [5.41, 5.74) is 0.723. The van der Waals surface area contributed by atoms with Gasteiger partial charge in [-0.3, -0.25) is 4.79 Å². The predicted molar refractivity (Wildman–Crippen MR) is 82.8 cm³/mol. The van der Waals surface area contributed by atoms with Gasteiger partial charge in [0.1, 0.15) is 11.5 Å². The smallest absolute Gasteiger partial charge is 0.262 e. The van der Waals surface area contributed by atoms with Gasteiger partial charge in [-0.25, -0.2) is 0 Å². The molecule has 0 aliphatic carbocycles. The third-order valence-corrected chi connectivity index (χ3v) is 2.72. The SMILES string of the molecule is CCCOc1ccc(NC(=O)COc2ccccc2)cc1. The highest BCUT2D eigenvalue weighted by atomic mass is 16.5. The molecule has 0 aliphatic heterocycles. The maximum Gasteiger partial charge on any atom is 0.262 e. The molecular weight excluding hydrogens is 266 g/mol. The van der Waals surface area contributed by atoms with Gasteiger partial charge in [-0.05, 0) is 42.8 Å². The molecule has 4 nitrogen and oxygen atoms in total. The number of carbonyl (C=O) groups excluding carboxylic acids is 1. The van der Waals surface area contributed by atoms with Gasteiger partial charge in [-0.2, -0.15) is 0 Å². The van der Waals surface area contributed by atoms with Crippen LogP contribution < -0.4 is 14.8 Å². The van der Waals surface area contributed by atoms with Crippen molar-refractivity contribution >= 4 is 11.6 Å². The van der Waals surface area contributed by atoms with E-state index in [-0.39, 0.29) is 12.5 Å². The number of rotatable bonds is 7. The molecule has 110 valence electrons. The van der Waals surface area contributed by atoms with Crippen molar-refractivity contribution in [3.63, 3.8) is 0 Å². The molecule has 0 radical (unpaired) electrons. The maximum absolute atomic E-state index is 11.8. The zero-order chi connectivity index (χ0) is 14.9. The summed E-state index contributed by atoms with van der Waals surface area (Å²) in [6.07, 6.45) is 0.968. The molecule has 2 aromatic carbocycles. The van der Waals surface area contributed by atoms with Crippen LogP contribution in [0.1, 0.15) is 13.3 Å². The number of hydrogen-bond donors (Lipinski definition) is 1. The topological polar surface area (TPSA) is 47.6 Å². The summed E-state index contributed by atoms with van der Waals surface area (Å²) in [7, 11) is 0. The Bertz CT molecular complexity index is 552. The summed E-state index contributed by atoms with van der Waals surface area (Å²) in [6.45, 7) is 2.73. The molecule has 0 saturated carbocycles. The number of ether oxygens (including phenoxy) is 2. The van der Waals surface area contributed by atoms with Crippen LogP contribution in [0.25, 0.3) is 0 Å². The molecule has 0 aromatic heterocycles. The zero-order valence-electron chi connectivity index (χ0n) is 12.0. The molecule has 0 atom stereocenters. The summed E-state index contributed by atoms with van der Waals surface area (Å²) in [5, 5.41) is 2.78. The van der Waals surface area contributed by atoms with E-state index in [1.54, 1.807) is 0 Å². The van der Waals surface area contributed by atoms with E-state index in [4.69, 9.17) is 9.47 Å². The molecule has 21 heavy (non-hydrogen) atoms. The molecule has 0 saturated heterocycles. The molecule has 0 aliphatic rings. The fraction of sp³-hybridized carbons (Fsp3) is 0.235. The van der Waals surface area contributed by atoms with Crippen molar-refractivity contribution in [2.24, 2.45) is 0 Å². The second-order valence-corrected chi connectivity index (χ2v) is 4.52. The second-order valence-electron chi connectivity index (χ2n) is 4.52. The number of carbonyl (C=O) groups is 1. The summed E-state index contributed by atoms with van der Waals surface area (Å²) < 4.78 is 10.9. The molecule has 1 amide bonds. The van der Waals surface area contributed by atoms with E-state index in [2.05, 4.69) is 12.2 Å². The van der Waals surface area contributed by atoms with Gasteiger partial charge < -0.3 is 14.8 Å². The number of para-hydroxylation sites is 1. The first-order valence-corrected chi connectivity index (χ1v) is 6.98. The van der Waals surface area contributed by atoms with Gasteiger partial charge >= 0.3 is 0 Å². The van der Waals surface area contributed by atoms with Crippen molar-refractivity contribution in [3.8, 4) is 11.5 Å². The van der Waals surface area contributed by atoms with Gasteiger partial charge in [0.05, 0.1) is 6.61 Å². The Balaban J connectivity index is 1.79. The van der Waals surface area contributed by atoms with Gasteiger partial charge in [0.2, 0.25) is 0 Å². The van der Waals surface area contributed by atoms with Crippen LogP contribution in [-0.4, -0.2) is 19.1 Å². The van der Waals surface area contributed by atoms with Crippen LogP contribution in [0.2, 0.25) is 0 Å². The summed E-state index contributed by atoms with van der Waals surface area (Å²) >= 11 is 0. The Hall–Kier alpha value is -2.49. The van der Waals surface area contributed by atoms with Gasteiger partial charge in [0, 0.05) is 5.69 Å². The fourth-order valence-electron chi connectivity index (χ4n) is 1.72. The Morgan fingerprint density at radius 3 is 2.29 bits per heavy atom. The van der Waals surface area contributed by atoms with E-state index in [9.17, 15) is 4.79 Å². The monoisotopic (exact) mass is 285 g/mol. The number of hydrogen-bond acceptors (Lipinski definition) is 3. The molecule has 2 aromatic rings. The lowest BCUT2D eigenvalue weighted by molar-refractivity contribution is -0.118. The van der Waals surface area contributed by atoms with Crippen LogP contribution in [0, 0.1) is 0 Å². The first-order chi connectivity index (χ1) is 10.3. The lowest BCUT2D eigenvalue weighted by atomic mass is 10.3. The zero-order valence-corrected chi connectivity index (χ0v) is 12.0. The Kier molecular flexibility index (Phi) is 5.64. The maximum atomic E-state index is 11.8. The number of amides is 1. The molecular formula is C17H19NO3. The quantitative estimate of drug-likeness (QED) is 0.847. The average molecular weight is 285 g/mol. The molecule has 1 N–H and O–H groups in total. The van der Waals surface area contributed by atoms with Crippen molar-refractivity contribution < 1.29 is 14.3 Å². The van der Waals surface area contributed by atoms with Crippen molar-refractivity contribution in [2.75, 3.05) is 18.5 Å². The standard InChI is InChI=1S/C17H19NO3/c1-2-12-20-16-10-8-14(9-11-16)18-17(19)13-21-15-6-4-3-5-7-15/h3-11H,2,12-13H2,1H3,(H,18,19). The Labute approximate surface area is 124 Å². The van der Waals surface area contributed by atoms with Crippen molar-refractivity contribution in [2.45, 2.75) is 13.3 Å². The highest BCUT2D eigenvalue weighted by molar-refractivity contribution is 5.91. The first kappa shape index (κ1) is 14.9. The molecule has 2 rings (SSSR count). The summed E-state index contributed by atoms with van der Waals surface area (Å²) in [4.78, 5) is 11.8. The van der Waals surface area contributed by atoms with Crippen LogP contribution >= 0.6 is 0 Å². The molecule has 0 unspecified atom stereocenters. The van der Waals surface area contributed by atoms with Crippen molar-refractivity contribution in [3.05, 3.63) is 54.6 Å². The number of benzene rings is 2. The molecule has 4 heteroatoms. The van der Waals surface area contributed by atoms with E-state index >= 15 is 0 Å². The highest BCUT2D eigenvalue weighted by Gasteiger charge is 2.03. The lowest BCUT2D eigenvalue weighted by Crippen LogP contribution is -2.20. The van der Waals surface area contributed by atoms with Crippen LogP contribution in [0.15, 0.2) is 54.6 Å². The largest absolute Gasteiger partial charge is 0.494 e. The predicted octanol–water partition coefficient (Wildman–Crippen LogP) is 3.49. The van der Waals surface area contributed by atoms with Gasteiger partial charge in [0.25, 0.3) is 5.91 Å². The van der Waals surface area contributed by atoms with Gasteiger partial charge in [0.15, 0.2) is 6.61 Å². The number of anilines is 1. The fourth-order valence-corrected chi connectivity index (χ4v) is 1.72. The van der Waals surface area contributed by atoms with E-state index in [0.717, 1.165) is 17.9 Å². The average Bonchev–Trinajstić information content (AvgIpc) is 2.53. The third-order valence-electron chi connectivity index (χ3n) is 2.72. The van der Waals surface area contributed by atoms with Crippen molar-refractivity contribution in [1.82, 2.24) is 0 Å². The number of nitrogens with one attached hydrogen (secondary N) is 1. The third kappa shape index (κ3) is 5.18. The van der Waals surface area contributed by atoms with Crippen LogP contribution in [0.3, 0.4) is 0 Å². The minimum atomic E-state index is -0.193. The van der Waals surface area contributed by atoms with Gasteiger partial charge in [-0.1, -0.05) is 25.1 Å². The van der Waals surface area contributed by atoms with E-state index < -0.39 is 0 Å². The summed E-state index contributed by atoms with van der Waals surface area (Å²) in [6, 6.07) is 16.5. The molecule has 0 bridgehead atoms. The Morgan fingerprint density at radius 2 is 1.62 bits per heavy atom. The molecule has 0 heterocycles. The van der Waals surface area contributed by atoms with Crippen molar-refractivity contribution in [1.29, 1.82) is 0 Å². The normalized spacial score (nSPS) is 9.95. The first-order valence-electron chi connectivity index (χ1n) is 6.98. The Morgan fingerprint density at radius 1 is 0.952 bits per heavy atom. The molecule has 0 spiro atoms. The summed E-state index contributed by atoms with van der Waals surface area (Å²) in [5.74, 6) is 1.28. The van der Waals surface area contributed by atoms with E-state index in [0.29, 0.717) is 12.4 Å². The molecule has 0 fully saturated rings. The lowest BCUT2D eigenvalue weighted by Gasteiger charge is -2.08. The van der Waals surface area contributed by atoms with Crippen LogP contribution in [-0.2, 0) is 4.79 Å². The minimum Gasteiger partial charge on any atom is -0.494 e. The highest BCUT2D eigenvalue weighted by Crippen LogP contribution is 2.16. The van der Waals surface area contributed by atoms with E-state index in [1.807, 2.05) is 54.6 Å². The van der Waals surface area contributed by atoms with Crippen LogP contribution in [0.4, 0.5) is 5.69 Å². The van der Waals surface area contributed by atoms with Gasteiger partial charge in [-0.15, -0.1) is 0 Å². The van der Waals surface area contributed by atoms with E-state index in [1.165, 1.54) is 0 Å². The second kappa shape index (κ2) is 7.94.